The number of aliphatic hydroxyl groups excluding tert-OH is 2. The number of fused-ring (bicyclic) bond motifs is 1. The van der Waals surface area contributed by atoms with Crippen molar-refractivity contribution in [3.63, 3.8) is 0 Å². The van der Waals surface area contributed by atoms with Gasteiger partial charge in [-0.05, 0) is 125 Å². The van der Waals surface area contributed by atoms with Gasteiger partial charge in [0.2, 0.25) is 5.43 Å². The molecular weight excluding hydrogens is 1130 g/mol. The van der Waals surface area contributed by atoms with Gasteiger partial charge in [0.05, 0.1) is 73.1 Å². The van der Waals surface area contributed by atoms with Crippen molar-refractivity contribution in [3.8, 4) is 0 Å². The Morgan fingerprint density at radius 1 is 0.894 bits per heavy atom. The van der Waals surface area contributed by atoms with Crippen LogP contribution in [0.1, 0.15) is 143 Å². The Morgan fingerprint density at radius 3 is 2.16 bits per heavy atom. The summed E-state index contributed by atoms with van der Waals surface area (Å²) in [5.41, 5.74) is -3.42. The number of amides is 1. The molecule has 4 fully saturated rings. The maximum Gasteiger partial charge on any atom is 0.407 e. The van der Waals surface area contributed by atoms with E-state index < -0.39 is 119 Å². The lowest BCUT2D eigenvalue weighted by Gasteiger charge is -2.50. The number of rotatable bonds is 23. The molecule has 0 bridgehead atoms. The summed E-state index contributed by atoms with van der Waals surface area (Å²) in [4.78, 5) is 60.6. The first-order valence-electron chi connectivity index (χ1n) is 30.1. The molecular formula is C61H97ClN4O19. The lowest BCUT2D eigenvalue weighted by atomic mass is 9.73. The van der Waals surface area contributed by atoms with E-state index in [0.29, 0.717) is 47.5 Å². The maximum absolute atomic E-state index is 14.7. The molecule has 3 saturated heterocycles. The number of alkyl carbamates (subject to hydrolysis) is 1. The molecule has 5 N–H and O–H groups in total. The highest BCUT2D eigenvalue weighted by Gasteiger charge is 2.55. The van der Waals surface area contributed by atoms with Crippen LogP contribution in [0.2, 0.25) is 5.02 Å². The molecule has 4 aliphatic rings. The third-order valence-corrected chi connectivity index (χ3v) is 18.1. The van der Waals surface area contributed by atoms with E-state index in [2.05, 4.69) is 10.5 Å². The summed E-state index contributed by atoms with van der Waals surface area (Å²) in [6.07, 6.45) is -5.62. The van der Waals surface area contributed by atoms with Gasteiger partial charge in [-0.1, -0.05) is 44.5 Å². The molecule has 4 heterocycles. The number of carbonyl (C=O) groups excluding carboxylic acids is 2. The largest absolute Gasteiger partial charge is 0.477 e. The van der Waals surface area contributed by atoms with Crippen molar-refractivity contribution >= 4 is 46.2 Å². The Hall–Kier alpha value is -4.08. The average molecular weight is 1230 g/mol. The van der Waals surface area contributed by atoms with Crippen molar-refractivity contribution in [3.05, 3.63) is 44.7 Å². The maximum atomic E-state index is 14.7. The van der Waals surface area contributed by atoms with Crippen LogP contribution in [0, 0.1) is 23.7 Å². The number of aromatic carboxylic acids is 1. The number of ether oxygens (including phenoxy) is 10. The number of hydrogen-bond donors (Lipinski definition) is 5. The minimum Gasteiger partial charge on any atom is -0.477 e. The number of hydrogen-bond acceptors (Lipinski definition) is 20. The van der Waals surface area contributed by atoms with Gasteiger partial charge in [-0.3, -0.25) is 9.59 Å². The number of aliphatic hydroxyl groups is 3. The van der Waals surface area contributed by atoms with Gasteiger partial charge in [0, 0.05) is 80.2 Å². The zero-order chi connectivity index (χ0) is 62.9. The van der Waals surface area contributed by atoms with Gasteiger partial charge in [-0.15, -0.1) is 0 Å². The SMILES string of the molecule is CCO/N=C1\[C@H](C)C[C@@](C)(OC)[C@H](O[C@H]2O[C@@H](C)C[C@@H](N(C)C)[C@@H]2O)[C@@H](C)[C@H](O[C@H]2C[C@@](C)(OC)[C@@H](OC(=O)NCCOCCOCCCc3cc4c(=O)c(C(=O)O)cn(C5CC5)c4cc3Cl)[C@H](C)O2)[C@@H](C)C(=O)O[C@H](CC)[C@@](C)(O)[C@H](O)[C@H]1C. The Balaban J connectivity index is 1.12. The van der Waals surface area contributed by atoms with Crippen molar-refractivity contribution in [1.82, 2.24) is 14.8 Å². The molecule has 1 aliphatic carbocycles. The highest BCUT2D eigenvalue weighted by Crippen LogP contribution is 2.43. The molecule has 1 amide bonds. The number of likely N-dealkylation sites (N-methyl/N-ethyl adjacent to an activating group) is 1. The van der Waals surface area contributed by atoms with Crippen molar-refractivity contribution in [1.29, 1.82) is 0 Å². The first-order valence-corrected chi connectivity index (χ1v) is 30.5. The third-order valence-electron chi connectivity index (χ3n) is 17.8. The number of nitrogens with one attached hydrogen (secondary N) is 1. The minimum atomic E-state index is -1.96. The van der Waals surface area contributed by atoms with Gasteiger partial charge in [0.15, 0.2) is 18.7 Å². The van der Waals surface area contributed by atoms with Crippen LogP contribution in [0.15, 0.2) is 28.3 Å². The number of carboxylic acids is 1. The van der Waals surface area contributed by atoms with Crippen LogP contribution in [0.25, 0.3) is 10.9 Å². The number of aryl methyl sites for hydroxylation is 1. The molecule has 0 unspecified atom stereocenters. The zero-order valence-corrected chi connectivity index (χ0v) is 53.3. The summed E-state index contributed by atoms with van der Waals surface area (Å²) in [6, 6.07) is 3.25. The molecule has 6 rings (SSSR count). The number of methoxy groups -OCH3 is 2. The minimum absolute atomic E-state index is 0.0223. The number of carboxylic acid groups (broad SMARTS) is 1. The number of cyclic esters (lactones) is 1. The lowest BCUT2D eigenvalue weighted by molar-refractivity contribution is -0.319. The van der Waals surface area contributed by atoms with E-state index in [0.717, 1.165) is 18.4 Å². The van der Waals surface area contributed by atoms with E-state index in [1.54, 1.807) is 60.8 Å². The number of oxime groups is 1. The van der Waals surface area contributed by atoms with E-state index in [9.17, 15) is 39.6 Å². The standard InChI is InChI=1S/C61H97ClN4O19/c1-16-46-61(11,74)52(69)35(5)48(64-79-17-2)33(3)30-59(9,75-14)53(84-57-50(68)45(65(12)13)27-34(4)80-57)36(6)51(37(7)56(72)82-46)83-47-31-60(10,76-15)54(38(8)81-47)85-58(73)63-22-24-78-26-25-77-23-18-19-39-28-41-44(29-43(39)62)66(40-20-21-40)32-42(49(41)67)55(70)71/h28-29,32-38,40,45-47,50-54,57,68-69,74H,16-27,30-31H2,1-15H3,(H,63,73)(H,70,71)/b64-48+/t33-,34+,35+,36+,37-,38+,45-,46-,47+,50+,51+,52-,53-,54+,57-,59-,60-,61-/m1/s1. The normalized spacial score (nSPS) is 35.8. The molecule has 1 aromatic heterocycles. The average Bonchev–Trinajstić information content (AvgIpc) is 3.37. The zero-order valence-electron chi connectivity index (χ0n) is 52.5. The van der Waals surface area contributed by atoms with Gasteiger partial charge < -0.3 is 87.4 Å². The van der Waals surface area contributed by atoms with Gasteiger partial charge in [0.25, 0.3) is 0 Å². The summed E-state index contributed by atoms with van der Waals surface area (Å²) in [6.45, 7) is 20.8. The van der Waals surface area contributed by atoms with Crippen LogP contribution in [-0.2, 0) is 63.4 Å². The molecule has 23 nitrogen and oxygen atoms in total. The topological polar surface area (TPSA) is 283 Å². The van der Waals surface area contributed by atoms with E-state index in [1.165, 1.54) is 20.2 Å². The molecule has 18 atom stereocenters. The van der Waals surface area contributed by atoms with Crippen molar-refractivity contribution in [2.24, 2.45) is 28.8 Å². The van der Waals surface area contributed by atoms with Crippen LogP contribution in [0.4, 0.5) is 4.79 Å². The number of esters is 1. The number of pyridine rings is 1. The van der Waals surface area contributed by atoms with Crippen LogP contribution in [0.3, 0.4) is 0 Å². The van der Waals surface area contributed by atoms with E-state index in [1.807, 2.05) is 51.3 Å². The predicted molar refractivity (Wildman–Crippen MR) is 316 cm³/mol. The summed E-state index contributed by atoms with van der Waals surface area (Å²) in [5.74, 6) is -5.13. The predicted octanol–water partition coefficient (Wildman–Crippen LogP) is 6.66. The highest BCUT2D eigenvalue weighted by atomic mass is 35.5. The van der Waals surface area contributed by atoms with Crippen LogP contribution in [0.5, 0.6) is 0 Å². The van der Waals surface area contributed by atoms with E-state index >= 15 is 0 Å². The molecule has 1 saturated carbocycles. The van der Waals surface area contributed by atoms with Gasteiger partial charge in [-0.2, -0.15) is 0 Å². The van der Waals surface area contributed by atoms with E-state index in [4.69, 9.17) is 63.8 Å². The van der Waals surface area contributed by atoms with Crippen LogP contribution in [-0.4, -0.2) is 206 Å². The Labute approximate surface area is 505 Å². The molecule has 3 aliphatic heterocycles. The van der Waals surface area contributed by atoms with Gasteiger partial charge >= 0.3 is 18.0 Å². The third kappa shape index (κ3) is 16.8. The fraction of sp³-hybridized carbons (Fsp3) is 0.787. The Morgan fingerprint density at radius 2 is 1.55 bits per heavy atom. The number of aromatic nitrogens is 1. The summed E-state index contributed by atoms with van der Waals surface area (Å²) in [5, 5.41) is 53.8. The molecule has 482 valence electrons. The van der Waals surface area contributed by atoms with E-state index in [-0.39, 0.29) is 76.0 Å². The molecule has 24 heteroatoms. The quantitative estimate of drug-likeness (QED) is 0.0441. The van der Waals surface area contributed by atoms with Crippen LogP contribution < -0.4 is 10.7 Å². The monoisotopic (exact) mass is 1220 g/mol. The second-order valence-corrected chi connectivity index (χ2v) is 25.0. The Kier molecular flexibility index (Phi) is 25.1. The van der Waals surface area contributed by atoms with Crippen molar-refractivity contribution in [2.75, 3.05) is 67.9 Å². The number of benzene rings is 1. The number of nitrogens with zero attached hydrogens (tertiary/aromatic N) is 3. The van der Waals surface area contributed by atoms with Crippen LogP contribution >= 0.6 is 11.6 Å². The Bertz CT molecular complexity index is 2640. The van der Waals surface area contributed by atoms with Gasteiger partial charge in [-0.25, -0.2) is 9.59 Å². The number of halogens is 1. The first-order chi connectivity index (χ1) is 40.1. The molecule has 1 aromatic carbocycles. The fourth-order valence-corrected chi connectivity index (χ4v) is 12.9. The second-order valence-electron chi connectivity index (χ2n) is 24.6. The number of carbonyl (C=O) groups is 3. The molecule has 0 radical (unpaired) electrons. The molecule has 85 heavy (non-hydrogen) atoms. The van der Waals surface area contributed by atoms with Crippen molar-refractivity contribution in [2.45, 2.75) is 218 Å². The fourth-order valence-electron chi connectivity index (χ4n) is 12.6. The summed E-state index contributed by atoms with van der Waals surface area (Å²) >= 11 is 6.65. The van der Waals surface area contributed by atoms with Gasteiger partial charge in [0.1, 0.15) is 35.6 Å². The van der Waals surface area contributed by atoms with Crippen molar-refractivity contribution < 1.29 is 87.0 Å². The summed E-state index contributed by atoms with van der Waals surface area (Å²) in [7, 11) is 6.81. The smallest absolute Gasteiger partial charge is 0.407 e. The summed E-state index contributed by atoms with van der Waals surface area (Å²) < 4.78 is 65.1. The first kappa shape index (κ1) is 70.0. The second kappa shape index (κ2) is 30.4. The molecule has 0 spiro atoms. The highest BCUT2D eigenvalue weighted by molar-refractivity contribution is 6.32. The lowest BCUT2D eigenvalue weighted by Crippen LogP contribution is -2.62. The molecule has 2 aromatic rings.